The minimum Gasteiger partial charge on any atom is -0.393 e. The van der Waals surface area contributed by atoms with Crippen LogP contribution in [0.4, 0.5) is 0 Å². The Hall–Kier alpha value is -0.160. The standard InChI is InChI=1S/C24H39NO3/c1-22-8-7-17-16(12-20-24(28-20)14-15(26)6-9-23(17,24)2)18(22)13-19(21(22)27)25-10-4-3-5-11-25/h15-21,26-27H,3-14H2,1-2H3/t15?,16-,17-,18+,19?,20?,21?,22+,23-,24?/m1/s1. The van der Waals surface area contributed by atoms with Crippen molar-refractivity contribution in [3.05, 3.63) is 0 Å². The second-order valence-corrected chi connectivity index (χ2v) is 11.8. The molecule has 28 heavy (non-hydrogen) atoms. The number of epoxide rings is 1. The van der Waals surface area contributed by atoms with Gasteiger partial charge in [-0.25, -0.2) is 0 Å². The molecule has 158 valence electrons. The van der Waals surface area contributed by atoms with E-state index in [-0.39, 0.29) is 28.6 Å². The summed E-state index contributed by atoms with van der Waals surface area (Å²) >= 11 is 0. The summed E-state index contributed by atoms with van der Waals surface area (Å²) in [5, 5.41) is 21.8. The smallest absolute Gasteiger partial charge is 0.103 e. The van der Waals surface area contributed by atoms with Gasteiger partial charge < -0.3 is 14.9 Å². The summed E-state index contributed by atoms with van der Waals surface area (Å²) in [6, 6.07) is 0.377. The fourth-order valence-electron chi connectivity index (χ4n) is 9.24. The molecule has 0 aromatic carbocycles. The molecule has 2 saturated heterocycles. The fourth-order valence-corrected chi connectivity index (χ4v) is 9.24. The third-order valence-corrected chi connectivity index (χ3v) is 10.9. The number of aliphatic hydroxyl groups is 2. The van der Waals surface area contributed by atoms with E-state index < -0.39 is 0 Å². The lowest BCUT2D eigenvalue weighted by atomic mass is 9.45. The minimum atomic E-state index is -0.166. The van der Waals surface area contributed by atoms with Crippen LogP contribution >= 0.6 is 0 Å². The predicted molar refractivity (Wildman–Crippen MR) is 108 cm³/mol. The molecule has 10 atom stereocenters. The van der Waals surface area contributed by atoms with Gasteiger partial charge in [0.25, 0.3) is 0 Å². The highest BCUT2D eigenvalue weighted by Gasteiger charge is 2.76. The normalized spacial score (nSPS) is 61.1. The zero-order valence-electron chi connectivity index (χ0n) is 17.8. The molecule has 0 amide bonds. The van der Waals surface area contributed by atoms with Gasteiger partial charge in [0.2, 0.25) is 0 Å². The Balaban J connectivity index is 1.30. The SMILES string of the molecule is C[C@]12CC[C@@H]3[C@@H](CC4OC45CC(O)CC[C@]35C)[C@@H]1CC(N1CCCCC1)C2O. The Morgan fingerprint density at radius 1 is 0.929 bits per heavy atom. The monoisotopic (exact) mass is 389 g/mol. The highest BCUT2D eigenvalue weighted by molar-refractivity contribution is 5.24. The summed E-state index contributed by atoms with van der Waals surface area (Å²) in [6.45, 7) is 7.27. The molecular formula is C24H39NO3. The van der Waals surface area contributed by atoms with Crippen molar-refractivity contribution in [2.75, 3.05) is 13.1 Å². The van der Waals surface area contributed by atoms with Crippen molar-refractivity contribution in [2.24, 2.45) is 28.6 Å². The van der Waals surface area contributed by atoms with Gasteiger partial charge in [0, 0.05) is 17.9 Å². The highest BCUT2D eigenvalue weighted by atomic mass is 16.6. The predicted octanol–water partition coefficient (Wildman–Crippen LogP) is 3.35. The Bertz CT molecular complexity index is 650. The summed E-state index contributed by atoms with van der Waals surface area (Å²) in [5.74, 6) is 2.05. The number of rotatable bonds is 1. The maximum Gasteiger partial charge on any atom is 0.103 e. The van der Waals surface area contributed by atoms with Crippen molar-refractivity contribution >= 4 is 0 Å². The van der Waals surface area contributed by atoms with Crippen LogP contribution in [-0.2, 0) is 4.74 Å². The summed E-state index contributed by atoms with van der Waals surface area (Å²) < 4.78 is 6.45. The van der Waals surface area contributed by atoms with Gasteiger partial charge in [-0.05, 0) is 87.6 Å². The maximum atomic E-state index is 11.5. The lowest BCUT2D eigenvalue weighted by Crippen LogP contribution is -2.59. The van der Waals surface area contributed by atoms with E-state index in [0.29, 0.717) is 29.9 Å². The quantitative estimate of drug-likeness (QED) is 0.676. The van der Waals surface area contributed by atoms with Crippen LogP contribution in [-0.4, -0.2) is 58.2 Å². The summed E-state index contributed by atoms with van der Waals surface area (Å²) in [7, 11) is 0. The topological polar surface area (TPSA) is 56.2 Å². The largest absolute Gasteiger partial charge is 0.393 e. The van der Waals surface area contributed by atoms with Crippen LogP contribution in [0.15, 0.2) is 0 Å². The van der Waals surface area contributed by atoms with Crippen molar-refractivity contribution in [1.29, 1.82) is 0 Å². The van der Waals surface area contributed by atoms with Gasteiger partial charge in [-0.1, -0.05) is 20.3 Å². The summed E-state index contributed by atoms with van der Waals surface area (Å²) in [4.78, 5) is 2.63. The molecule has 5 unspecified atom stereocenters. The first kappa shape index (κ1) is 18.6. The molecule has 4 heteroatoms. The zero-order chi connectivity index (χ0) is 19.3. The van der Waals surface area contributed by atoms with E-state index in [1.165, 1.54) is 58.0 Å². The lowest BCUT2D eigenvalue weighted by Gasteiger charge is -2.58. The number of likely N-dealkylation sites (tertiary alicyclic amines) is 1. The van der Waals surface area contributed by atoms with E-state index >= 15 is 0 Å². The number of aliphatic hydroxyl groups excluding tert-OH is 2. The first-order valence-corrected chi connectivity index (χ1v) is 12.2. The molecule has 4 nitrogen and oxygen atoms in total. The molecule has 6 aliphatic rings. The number of piperidine rings is 1. The molecule has 6 rings (SSSR count). The van der Waals surface area contributed by atoms with Crippen molar-refractivity contribution < 1.29 is 14.9 Å². The molecular weight excluding hydrogens is 350 g/mol. The third-order valence-electron chi connectivity index (χ3n) is 10.9. The third kappa shape index (κ3) is 2.22. The molecule has 6 fully saturated rings. The van der Waals surface area contributed by atoms with Gasteiger partial charge in [-0.3, -0.25) is 4.90 Å². The number of fused-ring (bicyclic) bond motifs is 4. The Kier molecular flexibility index (Phi) is 3.96. The molecule has 2 heterocycles. The van der Waals surface area contributed by atoms with E-state index in [0.717, 1.165) is 19.3 Å². The lowest BCUT2D eigenvalue weighted by molar-refractivity contribution is -0.123. The van der Waals surface area contributed by atoms with Crippen LogP contribution < -0.4 is 0 Å². The van der Waals surface area contributed by atoms with Gasteiger partial charge in [0.1, 0.15) is 5.60 Å². The molecule has 2 N–H and O–H groups in total. The van der Waals surface area contributed by atoms with E-state index in [9.17, 15) is 10.2 Å². The zero-order valence-corrected chi connectivity index (χ0v) is 17.8. The van der Waals surface area contributed by atoms with Crippen molar-refractivity contribution in [1.82, 2.24) is 4.90 Å². The van der Waals surface area contributed by atoms with Gasteiger partial charge in [-0.2, -0.15) is 0 Å². The van der Waals surface area contributed by atoms with Crippen molar-refractivity contribution in [3.8, 4) is 0 Å². The second kappa shape index (κ2) is 5.96. The highest BCUT2D eigenvalue weighted by Crippen LogP contribution is 2.73. The van der Waals surface area contributed by atoms with Crippen LogP contribution in [0.3, 0.4) is 0 Å². The Morgan fingerprint density at radius 2 is 1.71 bits per heavy atom. The molecule has 0 aromatic rings. The van der Waals surface area contributed by atoms with Crippen molar-refractivity contribution in [3.63, 3.8) is 0 Å². The fraction of sp³-hybridized carbons (Fsp3) is 1.00. The minimum absolute atomic E-state index is 0.0247. The molecule has 0 bridgehead atoms. The van der Waals surface area contributed by atoms with E-state index in [2.05, 4.69) is 18.7 Å². The van der Waals surface area contributed by atoms with Crippen LogP contribution in [0.2, 0.25) is 0 Å². The molecule has 0 radical (unpaired) electrons. The second-order valence-electron chi connectivity index (χ2n) is 11.8. The number of hydrogen-bond donors (Lipinski definition) is 2. The Labute approximate surface area is 170 Å². The van der Waals surface area contributed by atoms with Gasteiger partial charge >= 0.3 is 0 Å². The van der Waals surface area contributed by atoms with Gasteiger partial charge in [0.05, 0.1) is 18.3 Å². The van der Waals surface area contributed by atoms with Gasteiger partial charge in [-0.15, -0.1) is 0 Å². The average molecular weight is 390 g/mol. The maximum absolute atomic E-state index is 11.5. The number of hydrogen-bond acceptors (Lipinski definition) is 4. The van der Waals surface area contributed by atoms with Crippen LogP contribution in [0.1, 0.15) is 78.1 Å². The molecule has 2 aliphatic heterocycles. The summed E-state index contributed by atoms with van der Waals surface area (Å²) in [6.07, 6.45) is 11.7. The number of nitrogens with zero attached hydrogens (tertiary/aromatic N) is 1. The van der Waals surface area contributed by atoms with Crippen LogP contribution in [0, 0.1) is 28.6 Å². The molecule has 1 spiro atoms. The van der Waals surface area contributed by atoms with Crippen LogP contribution in [0.25, 0.3) is 0 Å². The van der Waals surface area contributed by atoms with Crippen molar-refractivity contribution in [2.45, 2.75) is 108 Å². The van der Waals surface area contributed by atoms with E-state index in [4.69, 9.17) is 4.74 Å². The van der Waals surface area contributed by atoms with E-state index in [1.54, 1.807) is 0 Å². The molecule has 4 saturated carbocycles. The van der Waals surface area contributed by atoms with Crippen LogP contribution in [0.5, 0.6) is 0 Å². The number of ether oxygens (including phenoxy) is 1. The first-order valence-electron chi connectivity index (χ1n) is 12.2. The molecule has 0 aromatic heterocycles. The van der Waals surface area contributed by atoms with Gasteiger partial charge in [0.15, 0.2) is 0 Å². The summed E-state index contributed by atoms with van der Waals surface area (Å²) in [5.41, 5.74) is 0.293. The average Bonchev–Trinajstić information content (AvgIpc) is 3.32. The van der Waals surface area contributed by atoms with E-state index in [1.807, 2.05) is 0 Å². The Morgan fingerprint density at radius 3 is 2.50 bits per heavy atom. The molecule has 4 aliphatic carbocycles. The first-order chi connectivity index (χ1) is 13.4.